The molecule has 0 bridgehead atoms. The lowest BCUT2D eigenvalue weighted by molar-refractivity contribution is 0.0706. The van der Waals surface area contributed by atoms with E-state index in [4.69, 9.17) is 5.11 Å². The van der Waals surface area contributed by atoms with Gasteiger partial charge in [0.05, 0.1) is 17.7 Å². The summed E-state index contributed by atoms with van der Waals surface area (Å²) in [6.45, 7) is 6.22. The van der Waals surface area contributed by atoms with E-state index in [0.717, 1.165) is 0 Å². The zero-order valence-corrected chi connectivity index (χ0v) is 12.6. The van der Waals surface area contributed by atoms with Crippen molar-refractivity contribution < 1.29 is 9.90 Å². The third-order valence-corrected chi connectivity index (χ3v) is 3.41. The van der Waals surface area contributed by atoms with Gasteiger partial charge < -0.3 is 10.0 Å². The molecule has 1 unspecified atom stereocenters. The average Bonchev–Trinajstić information content (AvgIpc) is 2.45. The molecule has 0 saturated carbocycles. The molecule has 4 heteroatoms. The standard InChI is InChI=1S/C16H22N2O2/c1-12(2)13(3)18(4)16(20)15-8-9-17-11-14(15)7-5-6-10-19/h8-9,11-13,19H,6,10H2,1-4H3. The Labute approximate surface area is 120 Å². The second-order valence-electron chi connectivity index (χ2n) is 5.10. The number of aliphatic hydroxyl groups excluding tert-OH is 1. The van der Waals surface area contributed by atoms with Crippen LogP contribution in [0.1, 0.15) is 43.1 Å². The molecule has 0 aliphatic heterocycles. The summed E-state index contributed by atoms with van der Waals surface area (Å²) in [7, 11) is 1.80. The first-order chi connectivity index (χ1) is 9.49. The molecule has 0 saturated heterocycles. The lowest BCUT2D eigenvalue weighted by Crippen LogP contribution is -2.38. The highest BCUT2D eigenvalue weighted by Crippen LogP contribution is 2.14. The van der Waals surface area contributed by atoms with Crippen molar-refractivity contribution in [3.05, 3.63) is 29.6 Å². The number of aromatic nitrogens is 1. The van der Waals surface area contributed by atoms with E-state index in [1.807, 2.05) is 6.92 Å². The van der Waals surface area contributed by atoms with Crippen LogP contribution in [0.15, 0.2) is 18.5 Å². The minimum absolute atomic E-state index is 0.0147. The Kier molecular flexibility index (Phi) is 6.20. The topological polar surface area (TPSA) is 53.4 Å². The van der Waals surface area contributed by atoms with Crippen molar-refractivity contribution in [2.45, 2.75) is 33.2 Å². The van der Waals surface area contributed by atoms with E-state index in [-0.39, 0.29) is 18.6 Å². The molecular weight excluding hydrogens is 252 g/mol. The van der Waals surface area contributed by atoms with Gasteiger partial charge >= 0.3 is 0 Å². The van der Waals surface area contributed by atoms with Gasteiger partial charge in [-0.05, 0) is 18.9 Å². The zero-order valence-electron chi connectivity index (χ0n) is 12.6. The fourth-order valence-corrected chi connectivity index (χ4v) is 1.72. The second kappa shape index (κ2) is 7.66. The third-order valence-electron chi connectivity index (χ3n) is 3.41. The maximum Gasteiger partial charge on any atom is 0.255 e. The van der Waals surface area contributed by atoms with Gasteiger partial charge in [0.15, 0.2) is 0 Å². The van der Waals surface area contributed by atoms with Crippen LogP contribution in [0.4, 0.5) is 0 Å². The number of rotatable bonds is 4. The van der Waals surface area contributed by atoms with Gasteiger partial charge in [-0.25, -0.2) is 0 Å². The second-order valence-corrected chi connectivity index (χ2v) is 5.10. The van der Waals surface area contributed by atoms with E-state index in [0.29, 0.717) is 23.5 Å². The minimum Gasteiger partial charge on any atom is -0.395 e. The van der Waals surface area contributed by atoms with Crippen LogP contribution in [0.2, 0.25) is 0 Å². The zero-order chi connectivity index (χ0) is 15.1. The SMILES string of the molecule is CC(C)C(C)N(C)C(=O)c1ccncc1C#CCCO. The molecule has 0 radical (unpaired) electrons. The normalized spacial score (nSPS) is 11.7. The summed E-state index contributed by atoms with van der Waals surface area (Å²) in [5.74, 6) is 6.06. The Morgan fingerprint density at radius 3 is 2.75 bits per heavy atom. The Hall–Kier alpha value is -1.86. The summed E-state index contributed by atoms with van der Waals surface area (Å²) in [6, 6.07) is 1.84. The summed E-state index contributed by atoms with van der Waals surface area (Å²) >= 11 is 0. The molecule has 1 rings (SSSR count). The molecule has 1 aromatic heterocycles. The van der Waals surface area contributed by atoms with Crippen molar-refractivity contribution >= 4 is 5.91 Å². The minimum atomic E-state index is -0.0538. The first kappa shape index (κ1) is 16.2. The number of hydrogen-bond donors (Lipinski definition) is 1. The van der Waals surface area contributed by atoms with E-state index >= 15 is 0 Å². The molecule has 0 spiro atoms. The van der Waals surface area contributed by atoms with Crippen molar-refractivity contribution in [2.24, 2.45) is 5.92 Å². The average molecular weight is 274 g/mol. The number of amides is 1. The molecule has 0 aliphatic carbocycles. The summed E-state index contributed by atoms with van der Waals surface area (Å²) < 4.78 is 0. The predicted molar refractivity (Wildman–Crippen MR) is 79.2 cm³/mol. The highest BCUT2D eigenvalue weighted by molar-refractivity contribution is 5.96. The van der Waals surface area contributed by atoms with Gasteiger partial charge in [-0.15, -0.1) is 0 Å². The van der Waals surface area contributed by atoms with Gasteiger partial charge in [0, 0.05) is 31.9 Å². The van der Waals surface area contributed by atoms with Crippen LogP contribution in [-0.2, 0) is 0 Å². The molecule has 4 nitrogen and oxygen atoms in total. The number of nitrogens with zero attached hydrogens (tertiary/aromatic N) is 2. The molecule has 1 amide bonds. The van der Waals surface area contributed by atoms with Crippen LogP contribution in [0.5, 0.6) is 0 Å². The maximum absolute atomic E-state index is 12.5. The number of aliphatic hydroxyl groups is 1. The molecule has 0 fully saturated rings. The van der Waals surface area contributed by atoms with Crippen LogP contribution in [-0.4, -0.2) is 40.6 Å². The molecular formula is C16H22N2O2. The quantitative estimate of drug-likeness (QED) is 0.854. The maximum atomic E-state index is 12.5. The largest absolute Gasteiger partial charge is 0.395 e. The molecule has 20 heavy (non-hydrogen) atoms. The first-order valence-corrected chi connectivity index (χ1v) is 6.80. The molecule has 1 aromatic rings. The molecule has 0 aromatic carbocycles. The Bertz CT molecular complexity index is 515. The van der Waals surface area contributed by atoms with Gasteiger partial charge in [-0.2, -0.15) is 0 Å². The Balaban J connectivity index is 3.02. The van der Waals surface area contributed by atoms with Crippen molar-refractivity contribution in [3.8, 4) is 11.8 Å². The van der Waals surface area contributed by atoms with Crippen LogP contribution in [0.3, 0.4) is 0 Å². The Morgan fingerprint density at radius 2 is 2.15 bits per heavy atom. The Morgan fingerprint density at radius 1 is 1.45 bits per heavy atom. The number of carbonyl (C=O) groups is 1. The smallest absolute Gasteiger partial charge is 0.255 e. The first-order valence-electron chi connectivity index (χ1n) is 6.80. The molecule has 1 atom stereocenters. The van der Waals surface area contributed by atoms with Crippen LogP contribution in [0.25, 0.3) is 0 Å². The number of carbonyl (C=O) groups excluding carboxylic acids is 1. The summed E-state index contributed by atoms with van der Waals surface area (Å²) in [5.41, 5.74) is 1.16. The summed E-state index contributed by atoms with van der Waals surface area (Å²) in [6.07, 6.45) is 3.57. The van der Waals surface area contributed by atoms with Crippen molar-refractivity contribution in [1.29, 1.82) is 0 Å². The van der Waals surface area contributed by atoms with Crippen molar-refractivity contribution in [2.75, 3.05) is 13.7 Å². The molecule has 108 valence electrons. The van der Waals surface area contributed by atoms with Crippen LogP contribution in [0, 0.1) is 17.8 Å². The van der Waals surface area contributed by atoms with Gasteiger partial charge in [0.2, 0.25) is 0 Å². The van der Waals surface area contributed by atoms with Crippen molar-refractivity contribution in [1.82, 2.24) is 9.88 Å². The lowest BCUT2D eigenvalue weighted by atomic mass is 10.0. The van der Waals surface area contributed by atoms with Crippen LogP contribution < -0.4 is 0 Å². The van der Waals surface area contributed by atoms with Gasteiger partial charge in [-0.3, -0.25) is 9.78 Å². The highest BCUT2D eigenvalue weighted by atomic mass is 16.2. The van der Waals surface area contributed by atoms with Gasteiger partial charge in [-0.1, -0.05) is 25.7 Å². The predicted octanol–water partition coefficient (Wildman–Crippen LogP) is 1.93. The third kappa shape index (κ3) is 4.07. The fourth-order valence-electron chi connectivity index (χ4n) is 1.72. The van der Waals surface area contributed by atoms with Crippen LogP contribution >= 0.6 is 0 Å². The molecule has 0 aliphatic rings. The summed E-state index contributed by atoms with van der Waals surface area (Å²) in [4.78, 5) is 18.3. The van der Waals surface area contributed by atoms with Gasteiger partial charge in [0.25, 0.3) is 5.91 Å². The molecule has 1 N–H and O–H groups in total. The van der Waals surface area contributed by atoms with Gasteiger partial charge in [0.1, 0.15) is 0 Å². The monoisotopic (exact) mass is 274 g/mol. The molecule has 1 heterocycles. The summed E-state index contributed by atoms with van der Waals surface area (Å²) in [5, 5.41) is 8.75. The fraction of sp³-hybridized carbons (Fsp3) is 0.500. The van der Waals surface area contributed by atoms with E-state index < -0.39 is 0 Å². The number of hydrogen-bond acceptors (Lipinski definition) is 3. The van der Waals surface area contributed by atoms with E-state index in [1.54, 1.807) is 30.4 Å². The van der Waals surface area contributed by atoms with E-state index in [9.17, 15) is 4.79 Å². The van der Waals surface area contributed by atoms with E-state index in [2.05, 4.69) is 30.7 Å². The lowest BCUT2D eigenvalue weighted by Gasteiger charge is -2.28. The highest BCUT2D eigenvalue weighted by Gasteiger charge is 2.21. The number of pyridine rings is 1. The van der Waals surface area contributed by atoms with E-state index in [1.165, 1.54) is 0 Å². The van der Waals surface area contributed by atoms with Crippen molar-refractivity contribution in [3.63, 3.8) is 0 Å².